The van der Waals surface area contributed by atoms with Crippen molar-refractivity contribution in [1.82, 2.24) is 0 Å². The van der Waals surface area contributed by atoms with E-state index < -0.39 is 0 Å². The predicted octanol–water partition coefficient (Wildman–Crippen LogP) is 4.84. The molecular weight excluding hydrogens is 400 g/mol. The molecule has 0 radical (unpaired) electrons. The van der Waals surface area contributed by atoms with E-state index >= 15 is 0 Å². The minimum absolute atomic E-state index is 0.234. The first-order chi connectivity index (χ1) is 14.3. The van der Waals surface area contributed by atoms with E-state index in [0.29, 0.717) is 19.6 Å². The lowest BCUT2D eigenvalue weighted by atomic mass is 10.2. The first-order valence-corrected chi connectivity index (χ1v) is 12.3. The summed E-state index contributed by atoms with van der Waals surface area (Å²) in [4.78, 5) is 9.43. The van der Waals surface area contributed by atoms with Crippen LogP contribution < -0.4 is 0 Å². The zero-order chi connectivity index (χ0) is 19.7. The van der Waals surface area contributed by atoms with Crippen molar-refractivity contribution in [3.63, 3.8) is 0 Å². The third-order valence-corrected chi connectivity index (χ3v) is 7.00. The Hall–Kier alpha value is -1.92. The number of rotatable bonds is 10. The molecule has 2 aliphatic heterocycles. The summed E-state index contributed by atoms with van der Waals surface area (Å²) in [6.07, 6.45) is 0.583. The molecule has 0 amide bonds. The maximum absolute atomic E-state index is 5.78. The van der Waals surface area contributed by atoms with E-state index in [2.05, 4.69) is 60.7 Å². The molecule has 0 fully saturated rings. The topological polar surface area (TPSA) is 43.2 Å². The Kier molecular flexibility index (Phi) is 7.54. The summed E-state index contributed by atoms with van der Waals surface area (Å²) in [6, 6.07) is 21.6. The molecule has 29 heavy (non-hydrogen) atoms. The van der Waals surface area contributed by atoms with Crippen molar-refractivity contribution in [3.05, 3.63) is 71.8 Å². The van der Waals surface area contributed by atoms with E-state index in [0.717, 1.165) is 34.8 Å². The molecule has 0 bridgehead atoms. The number of hydrogen-bond acceptors (Lipinski definition) is 6. The second-order valence-corrected chi connectivity index (χ2v) is 9.21. The molecule has 152 valence electrons. The van der Waals surface area contributed by atoms with Gasteiger partial charge in [0.25, 0.3) is 0 Å². The fraction of sp³-hybridized carbons (Fsp3) is 0.391. The SMILES string of the molecule is c1ccc(CSC[C@@H]2COC(CC3=N[C@H](CSCc4ccccc4)CO3)=N2)cc1. The van der Waals surface area contributed by atoms with Gasteiger partial charge in [-0.2, -0.15) is 23.5 Å². The van der Waals surface area contributed by atoms with Crippen molar-refractivity contribution < 1.29 is 9.47 Å². The molecule has 0 saturated heterocycles. The Morgan fingerprint density at radius 1 is 0.690 bits per heavy atom. The summed E-state index contributed by atoms with van der Waals surface area (Å²) >= 11 is 3.81. The van der Waals surface area contributed by atoms with Gasteiger partial charge in [-0.15, -0.1) is 0 Å². The Morgan fingerprint density at radius 2 is 1.14 bits per heavy atom. The van der Waals surface area contributed by atoms with Gasteiger partial charge in [0.05, 0.1) is 18.5 Å². The van der Waals surface area contributed by atoms with Crippen LogP contribution in [-0.4, -0.2) is 48.6 Å². The van der Waals surface area contributed by atoms with E-state index in [-0.39, 0.29) is 12.1 Å². The van der Waals surface area contributed by atoms with Crippen molar-refractivity contribution in [2.75, 3.05) is 24.7 Å². The van der Waals surface area contributed by atoms with E-state index in [4.69, 9.17) is 19.5 Å². The Balaban J connectivity index is 1.16. The van der Waals surface area contributed by atoms with Crippen molar-refractivity contribution in [2.45, 2.75) is 30.0 Å². The van der Waals surface area contributed by atoms with Crippen molar-refractivity contribution in [1.29, 1.82) is 0 Å². The van der Waals surface area contributed by atoms with E-state index in [1.165, 1.54) is 11.1 Å². The Labute approximate surface area is 181 Å². The molecule has 0 unspecified atom stereocenters. The number of aliphatic imine (C=N–C) groups is 2. The van der Waals surface area contributed by atoms with Gasteiger partial charge in [0, 0.05) is 23.0 Å². The van der Waals surface area contributed by atoms with Crippen LogP contribution in [0.15, 0.2) is 70.6 Å². The normalized spacial score (nSPS) is 20.7. The average molecular weight is 427 g/mol. The quantitative estimate of drug-likeness (QED) is 0.545. The number of hydrogen-bond donors (Lipinski definition) is 0. The summed E-state index contributed by atoms with van der Waals surface area (Å²) < 4.78 is 11.6. The number of benzene rings is 2. The Bertz CT molecular complexity index is 758. The fourth-order valence-corrected chi connectivity index (χ4v) is 5.19. The molecule has 0 aliphatic carbocycles. The van der Waals surface area contributed by atoms with Crippen LogP contribution in [0.4, 0.5) is 0 Å². The molecule has 2 aliphatic rings. The fourth-order valence-electron chi connectivity index (χ4n) is 3.21. The molecule has 0 aromatic heterocycles. The largest absolute Gasteiger partial charge is 0.478 e. The summed E-state index contributed by atoms with van der Waals surface area (Å²) in [6.45, 7) is 1.33. The number of nitrogens with zero attached hydrogens (tertiary/aromatic N) is 2. The second kappa shape index (κ2) is 10.7. The lowest BCUT2D eigenvalue weighted by Gasteiger charge is -2.04. The monoisotopic (exact) mass is 426 g/mol. The van der Waals surface area contributed by atoms with Gasteiger partial charge >= 0.3 is 0 Å². The lowest BCUT2D eigenvalue weighted by Crippen LogP contribution is -2.10. The third-order valence-electron chi connectivity index (χ3n) is 4.68. The molecule has 2 heterocycles. The van der Waals surface area contributed by atoms with Gasteiger partial charge in [0.1, 0.15) is 13.2 Å². The van der Waals surface area contributed by atoms with Gasteiger partial charge in [-0.3, -0.25) is 0 Å². The van der Waals surface area contributed by atoms with Crippen LogP contribution in [0, 0.1) is 0 Å². The molecule has 2 aromatic carbocycles. The lowest BCUT2D eigenvalue weighted by molar-refractivity contribution is 0.305. The minimum Gasteiger partial charge on any atom is -0.478 e. The second-order valence-electron chi connectivity index (χ2n) is 7.15. The van der Waals surface area contributed by atoms with Crippen molar-refractivity contribution in [3.8, 4) is 0 Å². The zero-order valence-electron chi connectivity index (χ0n) is 16.4. The predicted molar refractivity (Wildman–Crippen MR) is 124 cm³/mol. The molecule has 0 saturated carbocycles. The molecule has 2 aromatic rings. The van der Waals surface area contributed by atoms with Crippen LogP contribution >= 0.6 is 23.5 Å². The molecule has 4 nitrogen and oxygen atoms in total. The molecule has 4 rings (SSSR count). The molecule has 6 heteroatoms. The standard InChI is InChI=1S/C23H26N2O2S2/c1-3-7-18(8-4-1)14-28-16-20-12-26-22(24-20)11-23-25-21(13-27-23)17-29-15-19-9-5-2-6-10-19/h1-10,20-21H,11-17H2/t20-,21-/m0/s1. The smallest absolute Gasteiger partial charge is 0.193 e. The van der Waals surface area contributed by atoms with Crippen LogP contribution in [0.3, 0.4) is 0 Å². The van der Waals surface area contributed by atoms with Crippen LogP contribution in [-0.2, 0) is 21.0 Å². The zero-order valence-corrected chi connectivity index (χ0v) is 18.0. The highest BCUT2D eigenvalue weighted by atomic mass is 32.2. The van der Waals surface area contributed by atoms with Gasteiger partial charge < -0.3 is 9.47 Å². The molecule has 0 spiro atoms. The molecule has 0 N–H and O–H groups in total. The van der Waals surface area contributed by atoms with Crippen LogP contribution in [0.5, 0.6) is 0 Å². The van der Waals surface area contributed by atoms with Crippen LogP contribution in [0.1, 0.15) is 17.5 Å². The average Bonchev–Trinajstić information content (AvgIpc) is 3.39. The van der Waals surface area contributed by atoms with Gasteiger partial charge in [-0.25, -0.2) is 9.98 Å². The van der Waals surface area contributed by atoms with Gasteiger partial charge in [0.2, 0.25) is 0 Å². The first-order valence-electron chi connectivity index (χ1n) is 9.97. The van der Waals surface area contributed by atoms with E-state index in [1.807, 2.05) is 23.5 Å². The van der Waals surface area contributed by atoms with Crippen molar-refractivity contribution in [2.24, 2.45) is 9.98 Å². The highest BCUT2D eigenvalue weighted by Crippen LogP contribution is 2.20. The highest BCUT2D eigenvalue weighted by molar-refractivity contribution is 7.98. The molecular formula is C23H26N2O2S2. The summed E-state index contributed by atoms with van der Waals surface area (Å²) in [5.41, 5.74) is 2.70. The van der Waals surface area contributed by atoms with Gasteiger partial charge in [-0.05, 0) is 11.1 Å². The Morgan fingerprint density at radius 3 is 1.59 bits per heavy atom. The maximum Gasteiger partial charge on any atom is 0.193 e. The van der Waals surface area contributed by atoms with Crippen LogP contribution in [0.2, 0.25) is 0 Å². The summed E-state index contributed by atoms with van der Waals surface area (Å²) in [7, 11) is 0. The maximum atomic E-state index is 5.78. The molecule has 2 atom stereocenters. The van der Waals surface area contributed by atoms with E-state index in [1.54, 1.807) is 0 Å². The minimum atomic E-state index is 0.234. The van der Waals surface area contributed by atoms with E-state index in [9.17, 15) is 0 Å². The van der Waals surface area contributed by atoms with Gasteiger partial charge in [-0.1, -0.05) is 60.7 Å². The summed E-state index contributed by atoms with van der Waals surface area (Å²) in [5.74, 6) is 5.52. The van der Waals surface area contributed by atoms with Gasteiger partial charge in [0.15, 0.2) is 11.8 Å². The van der Waals surface area contributed by atoms with Crippen molar-refractivity contribution >= 4 is 35.3 Å². The first kappa shape index (κ1) is 20.4. The third kappa shape index (κ3) is 6.54. The number of thioether (sulfide) groups is 2. The number of ether oxygens (including phenoxy) is 2. The summed E-state index contributed by atoms with van der Waals surface area (Å²) in [5, 5.41) is 0. The van der Waals surface area contributed by atoms with Crippen LogP contribution in [0.25, 0.3) is 0 Å². The highest BCUT2D eigenvalue weighted by Gasteiger charge is 2.24.